The van der Waals surface area contributed by atoms with Crippen LogP contribution >= 0.6 is 11.6 Å². The maximum atomic E-state index is 13.3. The van der Waals surface area contributed by atoms with E-state index >= 15 is 0 Å². The summed E-state index contributed by atoms with van der Waals surface area (Å²) in [6.07, 6.45) is 4.40. The van der Waals surface area contributed by atoms with Crippen molar-refractivity contribution in [3.8, 4) is 5.75 Å². The van der Waals surface area contributed by atoms with Gasteiger partial charge < -0.3 is 24.0 Å². The topological polar surface area (TPSA) is 86.1 Å². The molecular weight excluding hydrogens is 460 g/mol. The summed E-state index contributed by atoms with van der Waals surface area (Å²) in [5.74, 6) is 0.415. The van der Waals surface area contributed by atoms with Gasteiger partial charge in [-0.2, -0.15) is 5.10 Å². The van der Waals surface area contributed by atoms with Crippen molar-refractivity contribution in [3.63, 3.8) is 0 Å². The summed E-state index contributed by atoms with van der Waals surface area (Å²) in [6, 6.07) is 7.08. The number of nitrogens with zero attached hydrogens (tertiary/aromatic N) is 4. The van der Waals surface area contributed by atoms with Crippen molar-refractivity contribution in [2.75, 3.05) is 52.6 Å². The van der Waals surface area contributed by atoms with Gasteiger partial charge in [0.2, 0.25) is 5.91 Å². The van der Waals surface area contributed by atoms with Gasteiger partial charge in [0.1, 0.15) is 18.0 Å². The maximum Gasteiger partial charge on any atom is 0.257 e. The molecule has 4 rings (SSSR count). The van der Waals surface area contributed by atoms with Crippen LogP contribution < -0.4 is 4.74 Å². The number of hydrogen-bond donors (Lipinski definition) is 0. The fraction of sp³-hybridized carbons (Fsp3) is 0.542. The standard InChI is InChI=1S/C24H31ClN4O5/c1-2-6-29-16-19(15-26-29)23(31)28-9-12-34-24(17-28,14-22(30)27-7-10-32-11-8-27)18-33-21-5-3-4-20(25)13-21/h3-5,13,15-16H,2,6-12,14,17-18H2,1H3/t24-/m0/s1. The van der Waals surface area contributed by atoms with E-state index in [0.717, 1.165) is 13.0 Å². The number of benzene rings is 1. The Balaban J connectivity index is 1.51. The number of rotatable bonds is 8. The van der Waals surface area contributed by atoms with Crippen molar-refractivity contribution in [1.29, 1.82) is 0 Å². The lowest BCUT2D eigenvalue weighted by molar-refractivity contribution is -0.155. The van der Waals surface area contributed by atoms with E-state index in [1.165, 1.54) is 0 Å². The monoisotopic (exact) mass is 490 g/mol. The first-order valence-corrected chi connectivity index (χ1v) is 12.1. The molecule has 2 aliphatic heterocycles. The van der Waals surface area contributed by atoms with Gasteiger partial charge >= 0.3 is 0 Å². The molecule has 1 aromatic heterocycles. The zero-order valence-corrected chi connectivity index (χ0v) is 20.2. The smallest absolute Gasteiger partial charge is 0.257 e. The number of halogens is 1. The molecule has 2 aliphatic rings. The number of aromatic nitrogens is 2. The third-order valence-electron chi connectivity index (χ3n) is 6.00. The molecule has 34 heavy (non-hydrogen) atoms. The van der Waals surface area contributed by atoms with Crippen LogP contribution in [0.3, 0.4) is 0 Å². The summed E-state index contributed by atoms with van der Waals surface area (Å²) in [5.41, 5.74) is -0.454. The van der Waals surface area contributed by atoms with Crippen LogP contribution in [-0.4, -0.2) is 89.6 Å². The molecule has 0 saturated carbocycles. The Morgan fingerprint density at radius 1 is 1.18 bits per heavy atom. The predicted molar refractivity (Wildman–Crippen MR) is 126 cm³/mol. The molecule has 184 valence electrons. The first-order valence-electron chi connectivity index (χ1n) is 11.7. The molecule has 0 bridgehead atoms. The summed E-state index contributed by atoms with van der Waals surface area (Å²) in [4.78, 5) is 29.9. The van der Waals surface area contributed by atoms with Crippen LogP contribution in [-0.2, 0) is 20.8 Å². The van der Waals surface area contributed by atoms with E-state index in [2.05, 4.69) is 12.0 Å². The molecule has 0 radical (unpaired) electrons. The van der Waals surface area contributed by atoms with E-state index in [4.69, 9.17) is 25.8 Å². The number of amides is 2. The van der Waals surface area contributed by atoms with Crippen LogP contribution in [0.2, 0.25) is 5.02 Å². The Morgan fingerprint density at radius 2 is 1.97 bits per heavy atom. The lowest BCUT2D eigenvalue weighted by Crippen LogP contribution is -2.58. The van der Waals surface area contributed by atoms with Gasteiger partial charge in [-0.3, -0.25) is 14.3 Å². The van der Waals surface area contributed by atoms with E-state index in [9.17, 15) is 9.59 Å². The van der Waals surface area contributed by atoms with E-state index in [0.29, 0.717) is 55.8 Å². The molecule has 1 aromatic carbocycles. The molecule has 2 fully saturated rings. The van der Waals surface area contributed by atoms with Gasteiger partial charge in [0.05, 0.1) is 44.5 Å². The summed E-state index contributed by atoms with van der Waals surface area (Å²) >= 11 is 6.10. The number of hydrogen-bond acceptors (Lipinski definition) is 6. The maximum absolute atomic E-state index is 13.3. The Hall–Kier alpha value is -2.62. The van der Waals surface area contributed by atoms with E-state index in [1.807, 2.05) is 0 Å². The van der Waals surface area contributed by atoms with Crippen LogP contribution in [0.25, 0.3) is 0 Å². The summed E-state index contributed by atoms with van der Waals surface area (Å²) < 4.78 is 19.4. The summed E-state index contributed by atoms with van der Waals surface area (Å²) in [6.45, 7) is 6.03. The SMILES string of the molecule is CCCn1cc(C(=O)N2CCO[C@@](COc3cccc(Cl)c3)(CC(=O)N3CCOCC3)C2)cn1. The molecule has 2 aromatic rings. The Kier molecular flexibility index (Phi) is 8.07. The second-order valence-electron chi connectivity index (χ2n) is 8.67. The first kappa shape index (κ1) is 24.5. The molecule has 2 amide bonds. The van der Waals surface area contributed by atoms with Crippen molar-refractivity contribution in [1.82, 2.24) is 19.6 Å². The minimum atomic E-state index is -0.981. The second kappa shape index (κ2) is 11.2. The fourth-order valence-corrected chi connectivity index (χ4v) is 4.42. The molecule has 0 aliphatic carbocycles. The average molecular weight is 491 g/mol. The van der Waals surface area contributed by atoms with Crippen molar-refractivity contribution in [2.45, 2.75) is 31.9 Å². The second-order valence-corrected chi connectivity index (χ2v) is 9.10. The first-order chi connectivity index (χ1) is 16.5. The molecule has 1 atom stereocenters. The van der Waals surface area contributed by atoms with Crippen LogP contribution in [0.5, 0.6) is 5.75 Å². The summed E-state index contributed by atoms with van der Waals surface area (Å²) in [5, 5.41) is 4.84. The zero-order valence-electron chi connectivity index (χ0n) is 19.5. The molecule has 0 unspecified atom stereocenters. The Bertz CT molecular complexity index is 993. The molecule has 10 heteroatoms. The largest absolute Gasteiger partial charge is 0.490 e. The highest BCUT2D eigenvalue weighted by Crippen LogP contribution is 2.27. The molecule has 0 N–H and O–H groups in total. The van der Waals surface area contributed by atoms with E-state index in [1.54, 1.807) is 51.1 Å². The summed E-state index contributed by atoms with van der Waals surface area (Å²) in [7, 11) is 0. The highest BCUT2D eigenvalue weighted by Gasteiger charge is 2.42. The molecule has 0 spiro atoms. The average Bonchev–Trinajstić information content (AvgIpc) is 3.32. The third-order valence-corrected chi connectivity index (χ3v) is 6.24. The highest BCUT2D eigenvalue weighted by molar-refractivity contribution is 6.30. The van der Waals surface area contributed by atoms with Crippen molar-refractivity contribution in [2.24, 2.45) is 0 Å². The normalized spacial score (nSPS) is 20.9. The van der Waals surface area contributed by atoms with Crippen LogP contribution in [0.1, 0.15) is 30.1 Å². The molecule has 2 saturated heterocycles. The number of carbonyl (C=O) groups excluding carboxylic acids is 2. The molecule has 3 heterocycles. The van der Waals surface area contributed by atoms with Gasteiger partial charge in [0.15, 0.2) is 0 Å². The van der Waals surface area contributed by atoms with Gasteiger partial charge in [-0.25, -0.2) is 0 Å². The number of carbonyl (C=O) groups is 2. The van der Waals surface area contributed by atoms with Gasteiger partial charge in [-0.05, 0) is 24.6 Å². The fourth-order valence-electron chi connectivity index (χ4n) is 4.24. The molecular formula is C24H31ClN4O5. The zero-order chi connectivity index (χ0) is 24.0. The third kappa shape index (κ3) is 6.08. The van der Waals surface area contributed by atoms with Gasteiger partial charge in [0, 0.05) is 37.4 Å². The van der Waals surface area contributed by atoms with Crippen LogP contribution in [0, 0.1) is 0 Å². The highest BCUT2D eigenvalue weighted by atomic mass is 35.5. The number of aryl methyl sites for hydroxylation is 1. The van der Waals surface area contributed by atoms with Gasteiger partial charge in [0.25, 0.3) is 5.91 Å². The van der Waals surface area contributed by atoms with Crippen molar-refractivity contribution >= 4 is 23.4 Å². The minimum absolute atomic E-state index is 0.0388. The minimum Gasteiger partial charge on any atom is -0.490 e. The predicted octanol–water partition coefficient (Wildman–Crippen LogP) is 2.49. The quantitative estimate of drug-likeness (QED) is 0.565. The van der Waals surface area contributed by atoms with Crippen LogP contribution in [0.4, 0.5) is 0 Å². The van der Waals surface area contributed by atoms with Gasteiger partial charge in [-0.15, -0.1) is 0 Å². The number of morpholine rings is 2. The Morgan fingerprint density at radius 3 is 2.74 bits per heavy atom. The lowest BCUT2D eigenvalue weighted by atomic mass is 9.96. The van der Waals surface area contributed by atoms with Crippen molar-refractivity contribution < 1.29 is 23.8 Å². The number of ether oxygens (including phenoxy) is 3. The van der Waals surface area contributed by atoms with Gasteiger partial charge in [-0.1, -0.05) is 24.6 Å². The Labute approximate surface area is 204 Å². The van der Waals surface area contributed by atoms with Crippen molar-refractivity contribution in [3.05, 3.63) is 47.2 Å². The van der Waals surface area contributed by atoms with E-state index < -0.39 is 5.60 Å². The van der Waals surface area contributed by atoms with E-state index in [-0.39, 0.29) is 31.4 Å². The molecule has 9 nitrogen and oxygen atoms in total. The van der Waals surface area contributed by atoms with Crippen LogP contribution in [0.15, 0.2) is 36.7 Å². The lowest BCUT2D eigenvalue weighted by Gasteiger charge is -2.43.